The molecule has 5 heteroatoms. The van der Waals surface area contributed by atoms with E-state index in [1.165, 1.54) is 0 Å². The third-order valence-corrected chi connectivity index (χ3v) is 1.79. The number of ether oxygens (including phenoxy) is 2. The van der Waals surface area contributed by atoms with Gasteiger partial charge < -0.3 is 9.47 Å². The van der Waals surface area contributed by atoms with Crippen LogP contribution >= 0.6 is 0 Å². The lowest BCUT2D eigenvalue weighted by Crippen LogP contribution is -2.41. The number of hydrogen-bond donors (Lipinski definition) is 0. The summed E-state index contributed by atoms with van der Waals surface area (Å²) in [4.78, 5) is 10.6. The van der Waals surface area contributed by atoms with Crippen LogP contribution in [-0.4, -0.2) is 31.7 Å². The highest BCUT2D eigenvalue weighted by Gasteiger charge is 2.50. The Bertz CT molecular complexity index is 175. The summed E-state index contributed by atoms with van der Waals surface area (Å²) in [5, 5.41) is 0. The van der Waals surface area contributed by atoms with E-state index in [2.05, 4.69) is 9.47 Å². The quantitative estimate of drug-likeness (QED) is 0.594. The van der Waals surface area contributed by atoms with Crippen LogP contribution in [0, 0.1) is 0 Å². The summed E-state index contributed by atoms with van der Waals surface area (Å²) in [5.74, 6) is -5.01. The van der Waals surface area contributed by atoms with Gasteiger partial charge in [0, 0.05) is 6.61 Å². The second-order valence-electron chi connectivity index (χ2n) is 2.62. The van der Waals surface area contributed by atoms with E-state index in [0.29, 0.717) is 6.42 Å². The van der Waals surface area contributed by atoms with Crippen molar-refractivity contribution in [1.82, 2.24) is 0 Å². The average molecular weight is 180 g/mol. The first-order valence-electron chi connectivity index (χ1n) is 3.67. The van der Waals surface area contributed by atoms with Crippen molar-refractivity contribution in [2.75, 3.05) is 13.7 Å². The first-order valence-corrected chi connectivity index (χ1v) is 3.67. The molecule has 1 saturated heterocycles. The Labute approximate surface area is 68.6 Å². The number of methoxy groups -OCH3 is 1. The number of halogens is 2. The zero-order valence-corrected chi connectivity index (χ0v) is 6.68. The first-order chi connectivity index (χ1) is 5.59. The van der Waals surface area contributed by atoms with Crippen molar-refractivity contribution in [3.8, 4) is 0 Å². The molecule has 0 bridgehead atoms. The van der Waals surface area contributed by atoms with Gasteiger partial charge >= 0.3 is 11.9 Å². The Morgan fingerprint density at radius 2 is 2.33 bits per heavy atom. The molecule has 1 aliphatic heterocycles. The van der Waals surface area contributed by atoms with Crippen LogP contribution < -0.4 is 0 Å². The van der Waals surface area contributed by atoms with Gasteiger partial charge in [-0.05, 0) is 12.8 Å². The lowest BCUT2D eigenvalue weighted by atomic mass is 10.1. The van der Waals surface area contributed by atoms with Crippen LogP contribution in [0.3, 0.4) is 0 Å². The Morgan fingerprint density at radius 3 is 2.75 bits per heavy atom. The molecule has 1 heterocycles. The molecule has 0 N–H and O–H groups in total. The summed E-state index contributed by atoms with van der Waals surface area (Å²) in [7, 11) is 0.936. The fourth-order valence-corrected chi connectivity index (χ4v) is 1.13. The van der Waals surface area contributed by atoms with E-state index in [1.54, 1.807) is 0 Å². The molecule has 1 atom stereocenters. The summed E-state index contributed by atoms with van der Waals surface area (Å²) in [6.07, 6.45) is -0.524. The highest BCUT2D eigenvalue weighted by Crippen LogP contribution is 2.29. The second kappa shape index (κ2) is 3.35. The smallest absolute Gasteiger partial charge is 0.379 e. The topological polar surface area (TPSA) is 35.5 Å². The third-order valence-electron chi connectivity index (χ3n) is 1.79. The molecule has 3 nitrogen and oxygen atoms in total. The lowest BCUT2D eigenvalue weighted by Gasteiger charge is -2.19. The van der Waals surface area contributed by atoms with Crippen LogP contribution in [0.5, 0.6) is 0 Å². The number of esters is 1. The maximum atomic E-state index is 12.9. The number of alkyl halides is 2. The lowest BCUT2D eigenvalue weighted by molar-refractivity contribution is -0.186. The average Bonchev–Trinajstić information content (AvgIpc) is 2.55. The van der Waals surface area contributed by atoms with Crippen LogP contribution in [0.25, 0.3) is 0 Å². The Hall–Kier alpha value is -0.710. The van der Waals surface area contributed by atoms with Crippen molar-refractivity contribution < 1.29 is 23.0 Å². The minimum atomic E-state index is -3.49. The van der Waals surface area contributed by atoms with E-state index in [-0.39, 0.29) is 13.0 Å². The maximum Gasteiger partial charge on any atom is 0.379 e. The number of carbonyl (C=O) groups excluding carboxylic acids is 1. The normalized spacial score (nSPS) is 24.1. The van der Waals surface area contributed by atoms with Crippen LogP contribution in [0.15, 0.2) is 0 Å². The highest BCUT2D eigenvalue weighted by molar-refractivity contribution is 5.78. The van der Waals surface area contributed by atoms with E-state index < -0.39 is 18.0 Å². The molecule has 0 aromatic heterocycles. The Morgan fingerprint density at radius 1 is 1.67 bits per heavy atom. The maximum absolute atomic E-state index is 12.9. The van der Waals surface area contributed by atoms with Gasteiger partial charge in [0.15, 0.2) is 0 Å². The molecule has 0 saturated carbocycles. The van der Waals surface area contributed by atoms with Crippen LogP contribution in [0.4, 0.5) is 8.78 Å². The van der Waals surface area contributed by atoms with E-state index in [1.807, 2.05) is 0 Å². The number of carbonyl (C=O) groups is 1. The van der Waals surface area contributed by atoms with Crippen molar-refractivity contribution in [2.24, 2.45) is 0 Å². The molecule has 1 rings (SSSR count). The van der Waals surface area contributed by atoms with Gasteiger partial charge in [-0.15, -0.1) is 0 Å². The van der Waals surface area contributed by atoms with Crippen molar-refractivity contribution >= 4 is 5.97 Å². The minimum absolute atomic E-state index is 0.210. The van der Waals surface area contributed by atoms with Gasteiger partial charge in [-0.2, -0.15) is 8.78 Å². The first kappa shape index (κ1) is 9.38. The van der Waals surface area contributed by atoms with E-state index in [0.717, 1.165) is 7.11 Å². The van der Waals surface area contributed by atoms with Gasteiger partial charge in [0.25, 0.3) is 0 Å². The third kappa shape index (κ3) is 1.55. The van der Waals surface area contributed by atoms with E-state index in [4.69, 9.17) is 0 Å². The standard InChI is InChI=1S/C7H10F2O3/c1-11-6(10)7(8,9)5-3-2-4-12-5/h5H,2-4H2,1H3. The summed E-state index contributed by atoms with van der Waals surface area (Å²) in [5.41, 5.74) is 0. The van der Waals surface area contributed by atoms with Crippen molar-refractivity contribution in [3.05, 3.63) is 0 Å². The summed E-state index contributed by atoms with van der Waals surface area (Å²) < 4.78 is 34.5. The Balaban J connectivity index is 2.62. The molecule has 0 aliphatic carbocycles. The SMILES string of the molecule is COC(=O)C(F)(F)C1CCCO1. The largest absolute Gasteiger partial charge is 0.465 e. The predicted molar refractivity (Wildman–Crippen MR) is 35.9 cm³/mol. The molecular weight excluding hydrogens is 170 g/mol. The molecule has 70 valence electrons. The molecule has 12 heavy (non-hydrogen) atoms. The van der Waals surface area contributed by atoms with Crippen molar-refractivity contribution in [2.45, 2.75) is 24.9 Å². The fraction of sp³-hybridized carbons (Fsp3) is 0.857. The van der Waals surface area contributed by atoms with Crippen LogP contribution in [0.2, 0.25) is 0 Å². The molecule has 0 aromatic carbocycles. The summed E-state index contributed by atoms with van der Waals surface area (Å²) in [6, 6.07) is 0. The van der Waals surface area contributed by atoms with Gasteiger partial charge in [-0.3, -0.25) is 0 Å². The van der Waals surface area contributed by atoms with Crippen molar-refractivity contribution in [3.63, 3.8) is 0 Å². The van der Waals surface area contributed by atoms with Crippen molar-refractivity contribution in [1.29, 1.82) is 0 Å². The molecule has 1 unspecified atom stereocenters. The van der Waals surface area contributed by atoms with Gasteiger partial charge in [0.05, 0.1) is 7.11 Å². The molecule has 1 fully saturated rings. The zero-order valence-electron chi connectivity index (χ0n) is 6.68. The van der Waals surface area contributed by atoms with Crippen LogP contribution in [0.1, 0.15) is 12.8 Å². The molecule has 0 radical (unpaired) electrons. The summed E-state index contributed by atoms with van der Waals surface area (Å²) in [6.45, 7) is 0.289. The van der Waals surface area contributed by atoms with Gasteiger partial charge in [0.2, 0.25) is 0 Å². The predicted octanol–water partition coefficient (Wildman–Crippen LogP) is 0.974. The fourth-order valence-electron chi connectivity index (χ4n) is 1.13. The van der Waals surface area contributed by atoms with Gasteiger partial charge in [0.1, 0.15) is 6.10 Å². The van der Waals surface area contributed by atoms with E-state index >= 15 is 0 Å². The van der Waals surface area contributed by atoms with Gasteiger partial charge in [-0.1, -0.05) is 0 Å². The number of rotatable bonds is 2. The molecular formula is C7H10F2O3. The molecule has 1 aliphatic rings. The number of hydrogen-bond acceptors (Lipinski definition) is 3. The van der Waals surface area contributed by atoms with Gasteiger partial charge in [-0.25, -0.2) is 4.79 Å². The monoisotopic (exact) mass is 180 g/mol. The van der Waals surface area contributed by atoms with E-state index in [9.17, 15) is 13.6 Å². The Kier molecular flexibility index (Phi) is 2.62. The van der Waals surface area contributed by atoms with Crippen LogP contribution in [-0.2, 0) is 14.3 Å². The second-order valence-corrected chi connectivity index (χ2v) is 2.62. The molecule has 0 aromatic rings. The zero-order chi connectivity index (χ0) is 9.19. The summed E-state index contributed by atoms with van der Waals surface area (Å²) >= 11 is 0. The minimum Gasteiger partial charge on any atom is -0.465 e. The molecule has 0 amide bonds. The molecule has 0 spiro atoms. The highest BCUT2D eigenvalue weighted by atomic mass is 19.3.